The van der Waals surface area contributed by atoms with Gasteiger partial charge in [-0.25, -0.2) is 0 Å². The molecular weight excluding hydrogens is 124 g/mol. The second-order valence-electron chi connectivity index (χ2n) is 1.42. The highest BCUT2D eigenvalue weighted by molar-refractivity contribution is 5.75. The molecule has 0 rings (SSSR count). The van der Waals surface area contributed by atoms with E-state index in [2.05, 4.69) is 4.74 Å². The Kier molecular flexibility index (Phi) is 3.94. The number of ether oxygens (including phenoxy) is 1. The van der Waals surface area contributed by atoms with Crippen molar-refractivity contribution < 1.29 is 14.6 Å². The normalized spacial score (nSPS) is 12.8. The lowest BCUT2D eigenvalue weighted by molar-refractivity contribution is -0.145. The van der Waals surface area contributed by atoms with E-state index in [-0.39, 0.29) is 6.73 Å². The van der Waals surface area contributed by atoms with Gasteiger partial charge in [-0.2, -0.15) is 0 Å². The zero-order valence-corrected chi connectivity index (χ0v) is 4.91. The van der Waals surface area contributed by atoms with E-state index in [4.69, 9.17) is 16.6 Å². The molecule has 0 saturated heterocycles. The number of hydrogen-bond donors (Lipinski definition) is 3. The maximum Gasteiger partial charge on any atom is 0.326 e. The molecule has 9 heavy (non-hydrogen) atoms. The minimum absolute atomic E-state index is 0.202. The van der Waals surface area contributed by atoms with Gasteiger partial charge in [-0.1, -0.05) is 0 Å². The summed E-state index contributed by atoms with van der Waals surface area (Å²) in [5, 5.41) is 8.27. The molecule has 0 amide bonds. The summed E-state index contributed by atoms with van der Waals surface area (Å²) < 4.78 is 4.25. The number of esters is 1. The van der Waals surface area contributed by atoms with Crippen molar-refractivity contribution >= 4 is 5.97 Å². The molecule has 0 aliphatic rings. The van der Waals surface area contributed by atoms with Gasteiger partial charge in [-0.3, -0.25) is 10.5 Å². The highest BCUT2D eigenvalue weighted by Crippen LogP contribution is 1.80. The van der Waals surface area contributed by atoms with E-state index in [1.165, 1.54) is 0 Å². The SMILES string of the molecule is NCOC(=O)[C@@H](N)CO. The van der Waals surface area contributed by atoms with Crippen molar-refractivity contribution in [1.29, 1.82) is 0 Å². The Balaban J connectivity index is 3.46. The molecule has 0 bridgehead atoms. The average molecular weight is 134 g/mol. The summed E-state index contributed by atoms with van der Waals surface area (Å²) in [5.41, 5.74) is 9.86. The average Bonchev–Trinajstić information content (AvgIpc) is 1.87. The number of carbonyl (C=O) groups excluding carboxylic acids is 1. The van der Waals surface area contributed by atoms with Crippen LogP contribution in [0, 0.1) is 0 Å². The van der Waals surface area contributed by atoms with Gasteiger partial charge in [0, 0.05) is 0 Å². The number of hydrogen-bond acceptors (Lipinski definition) is 5. The molecule has 0 aliphatic carbocycles. The summed E-state index contributed by atoms with van der Waals surface area (Å²) >= 11 is 0. The standard InChI is InChI=1S/C4H10N2O3/c5-2-9-4(8)3(6)1-7/h3,7H,1-2,5-6H2/t3-/m0/s1. The molecule has 1 atom stereocenters. The monoisotopic (exact) mass is 134 g/mol. The molecule has 5 N–H and O–H groups in total. The lowest BCUT2D eigenvalue weighted by Crippen LogP contribution is -2.36. The van der Waals surface area contributed by atoms with E-state index in [0.29, 0.717) is 0 Å². The van der Waals surface area contributed by atoms with E-state index in [1.807, 2.05) is 0 Å². The van der Waals surface area contributed by atoms with Gasteiger partial charge in [-0.15, -0.1) is 0 Å². The van der Waals surface area contributed by atoms with Crippen molar-refractivity contribution in [2.24, 2.45) is 11.5 Å². The minimum atomic E-state index is -0.964. The van der Waals surface area contributed by atoms with Crippen LogP contribution in [0.25, 0.3) is 0 Å². The molecule has 0 heterocycles. The maximum atomic E-state index is 10.4. The predicted molar refractivity (Wildman–Crippen MR) is 30.2 cm³/mol. The Labute approximate surface area is 52.6 Å². The topological polar surface area (TPSA) is 98.6 Å². The maximum absolute atomic E-state index is 10.4. The first kappa shape index (κ1) is 8.35. The Morgan fingerprint density at radius 1 is 1.78 bits per heavy atom. The van der Waals surface area contributed by atoms with Gasteiger partial charge in [0.1, 0.15) is 12.8 Å². The van der Waals surface area contributed by atoms with Gasteiger partial charge in [-0.05, 0) is 0 Å². The fourth-order valence-electron chi connectivity index (χ4n) is 0.264. The van der Waals surface area contributed by atoms with Crippen LogP contribution in [0.4, 0.5) is 0 Å². The first-order chi connectivity index (χ1) is 4.22. The van der Waals surface area contributed by atoms with Gasteiger partial charge >= 0.3 is 5.97 Å². The molecule has 0 spiro atoms. The van der Waals surface area contributed by atoms with E-state index >= 15 is 0 Å². The van der Waals surface area contributed by atoms with Crippen molar-refractivity contribution in [1.82, 2.24) is 0 Å². The molecule has 5 nitrogen and oxygen atoms in total. The highest BCUT2D eigenvalue weighted by Gasteiger charge is 2.11. The first-order valence-corrected chi connectivity index (χ1v) is 2.45. The molecule has 0 saturated carbocycles. The third-order valence-electron chi connectivity index (χ3n) is 0.725. The quantitative estimate of drug-likeness (QED) is 0.299. The van der Waals surface area contributed by atoms with Gasteiger partial charge in [0.15, 0.2) is 0 Å². The molecule has 0 unspecified atom stereocenters. The van der Waals surface area contributed by atoms with Crippen LogP contribution in [-0.4, -0.2) is 30.5 Å². The van der Waals surface area contributed by atoms with E-state index in [1.54, 1.807) is 0 Å². The summed E-state index contributed by atoms with van der Waals surface area (Å²) in [7, 11) is 0. The predicted octanol–water partition coefficient (Wildman–Crippen LogP) is -2.23. The fraction of sp³-hybridized carbons (Fsp3) is 0.750. The molecule has 5 heteroatoms. The Morgan fingerprint density at radius 3 is 2.67 bits per heavy atom. The second kappa shape index (κ2) is 4.25. The van der Waals surface area contributed by atoms with Crippen molar-refractivity contribution in [3.63, 3.8) is 0 Å². The summed E-state index contributed by atoms with van der Waals surface area (Å²) in [4.78, 5) is 10.4. The number of nitrogens with two attached hydrogens (primary N) is 2. The van der Waals surface area contributed by atoms with Crippen LogP contribution in [0.1, 0.15) is 0 Å². The number of rotatable bonds is 3. The third kappa shape index (κ3) is 3.02. The smallest absolute Gasteiger partial charge is 0.326 e. The Bertz CT molecular complexity index is 95.8. The second-order valence-corrected chi connectivity index (χ2v) is 1.42. The molecule has 0 aromatic carbocycles. The molecule has 0 aliphatic heterocycles. The van der Waals surface area contributed by atoms with Crippen LogP contribution < -0.4 is 11.5 Å². The van der Waals surface area contributed by atoms with Crippen LogP contribution in [0.3, 0.4) is 0 Å². The molecule has 0 aromatic heterocycles. The van der Waals surface area contributed by atoms with Crippen LogP contribution in [0.2, 0.25) is 0 Å². The molecule has 0 radical (unpaired) electrons. The third-order valence-corrected chi connectivity index (χ3v) is 0.725. The fourth-order valence-corrected chi connectivity index (χ4v) is 0.264. The first-order valence-electron chi connectivity index (χ1n) is 2.45. The van der Waals surface area contributed by atoms with E-state index < -0.39 is 18.6 Å². The lowest BCUT2D eigenvalue weighted by Gasteiger charge is -2.05. The van der Waals surface area contributed by atoms with Crippen LogP contribution in [-0.2, 0) is 9.53 Å². The summed E-state index contributed by atoms with van der Waals surface area (Å²) in [6.07, 6.45) is 0. The van der Waals surface area contributed by atoms with Gasteiger partial charge in [0.25, 0.3) is 0 Å². The van der Waals surface area contributed by atoms with Gasteiger partial charge in [0.05, 0.1) is 6.61 Å². The van der Waals surface area contributed by atoms with E-state index in [0.717, 1.165) is 0 Å². The largest absolute Gasteiger partial charge is 0.449 e. The number of aliphatic hydroxyl groups is 1. The van der Waals surface area contributed by atoms with Crippen molar-refractivity contribution in [2.75, 3.05) is 13.3 Å². The Hall–Kier alpha value is -0.650. The van der Waals surface area contributed by atoms with Gasteiger partial charge < -0.3 is 15.6 Å². The van der Waals surface area contributed by atoms with E-state index in [9.17, 15) is 4.79 Å². The Morgan fingerprint density at radius 2 is 2.33 bits per heavy atom. The molecule has 0 aromatic rings. The zero-order chi connectivity index (χ0) is 7.28. The molecular formula is C4H10N2O3. The highest BCUT2D eigenvalue weighted by atomic mass is 16.5. The van der Waals surface area contributed by atoms with Gasteiger partial charge in [0.2, 0.25) is 0 Å². The number of carbonyl (C=O) groups is 1. The van der Waals surface area contributed by atoms with Crippen LogP contribution in [0.15, 0.2) is 0 Å². The summed E-state index contributed by atoms with van der Waals surface area (Å²) in [5.74, 6) is -0.681. The van der Waals surface area contributed by atoms with Crippen LogP contribution in [0.5, 0.6) is 0 Å². The minimum Gasteiger partial charge on any atom is -0.449 e. The van der Waals surface area contributed by atoms with Crippen molar-refractivity contribution in [3.8, 4) is 0 Å². The summed E-state index contributed by atoms with van der Waals surface area (Å²) in [6.45, 7) is -0.620. The van der Waals surface area contributed by atoms with Crippen molar-refractivity contribution in [3.05, 3.63) is 0 Å². The van der Waals surface area contributed by atoms with Crippen LogP contribution >= 0.6 is 0 Å². The molecule has 54 valence electrons. The molecule has 0 fully saturated rings. The number of aliphatic hydroxyl groups excluding tert-OH is 1. The lowest BCUT2D eigenvalue weighted by atomic mass is 10.3. The summed E-state index contributed by atoms with van der Waals surface area (Å²) in [6, 6.07) is -0.964. The van der Waals surface area contributed by atoms with Crippen molar-refractivity contribution in [2.45, 2.75) is 6.04 Å². The zero-order valence-electron chi connectivity index (χ0n) is 4.91.